The molecule has 0 saturated carbocycles. The highest BCUT2D eigenvalue weighted by atomic mass is 16.3. The van der Waals surface area contributed by atoms with E-state index in [-0.39, 0.29) is 22.9 Å². The van der Waals surface area contributed by atoms with E-state index in [0.717, 1.165) is 48.3 Å². The molecule has 1 aliphatic rings. The highest BCUT2D eigenvalue weighted by Crippen LogP contribution is 2.36. The van der Waals surface area contributed by atoms with E-state index in [4.69, 9.17) is 5.73 Å². The van der Waals surface area contributed by atoms with Gasteiger partial charge >= 0.3 is 0 Å². The first-order chi connectivity index (χ1) is 17.8. The number of piperazine rings is 1. The number of carbonyl (C=O) groups excluding carboxylic acids is 1. The maximum atomic E-state index is 13.9. The number of aryl methyl sites for hydroxylation is 1. The lowest BCUT2D eigenvalue weighted by Crippen LogP contribution is -2.44. The van der Waals surface area contributed by atoms with E-state index in [0.29, 0.717) is 28.1 Å². The molecule has 9 heteroatoms. The highest BCUT2D eigenvalue weighted by Gasteiger charge is 2.27. The SMILES string of the molecule is Cc1ccc(O)c(C)c1-n1c(N)c(C(=O)c2cc3cc(N4CCN(C)CC4)ccc3[nH]2)c2nccnc21. The normalized spacial score (nSPS) is 14.6. The number of nitrogen functional groups attached to an aromatic ring is 1. The van der Waals surface area contributed by atoms with Crippen molar-refractivity contribution in [1.29, 1.82) is 0 Å². The molecule has 0 atom stereocenters. The zero-order valence-electron chi connectivity index (χ0n) is 21.1. The summed E-state index contributed by atoms with van der Waals surface area (Å²) in [6.07, 6.45) is 3.13. The van der Waals surface area contributed by atoms with Crippen molar-refractivity contribution in [2.75, 3.05) is 43.9 Å². The molecule has 3 aromatic heterocycles. The number of benzene rings is 2. The number of hydrogen-bond donors (Lipinski definition) is 3. The Labute approximate surface area is 214 Å². The summed E-state index contributed by atoms with van der Waals surface area (Å²) in [7, 11) is 2.14. The van der Waals surface area contributed by atoms with Crippen LogP contribution < -0.4 is 10.6 Å². The molecular formula is C28H29N7O2. The molecule has 4 heterocycles. The maximum absolute atomic E-state index is 13.9. The van der Waals surface area contributed by atoms with E-state index in [9.17, 15) is 9.90 Å². The summed E-state index contributed by atoms with van der Waals surface area (Å²) in [6, 6.07) is 11.6. The molecule has 1 saturated heterocycles. The zero-order chi connectivity index (χ0) is 25.8. The average molecular weight is 496 g/mol. The number of ketones is 1. The minimum atomic E-state index is -0.255. The fourth-order valence-electron chi connectivity index (χ4n) is 5.28. The van der Waals surface area contributed by atoms with E-state index in [1.807, 2.05) is 32.0 Å². The van der Waals surface area contributed by atoms with E-state index in [1.165, 1.54) is 0 Å². The van der Waals surface area contributed by atoms with Gasteiger partial charge in [0.2, 0.25) is 5.78 Å². The first-order valence-corrected chi connectivity index (χ1v) is 12.3. The van der Waals surface area contributed by atoms with E-state index in [1.54, 1.807) is 23.0 Å². The van der Waals surface area contributed by atoms with Crippen LogP contribution in [0, 0.1) is 13.8 Å². The molecule has 0 aliphatic carbocycles. The molecule has 2 aromatic carbocycles. The van der Waals surface area contributed by atoms with Gasteiger partial charge in [-0.05, 0) is 56.8 Å². The van der Waals surface area contributed by atoms with Crippen molar-refractivity contribution in [2.24, 2.45) is 0 Å². The largest absolute Gasteiger partial charge is 0.508 e. The second-order valence-corrected chi connectivity index (χ2v) is 9.77. The van der Waals surface area contributed by atoms with Crippen LogP contribution in [0.3, 0.4) is 0 Å². The number of nitrogens with zero attached hydrogens (tertiary/aromatic N) is 5. The van der Waals surface area contributed by atoms with Crippen molar-refractivity contribution in [1.82, 2.24) is 24.4 Å². The highest BCUT2D eigenvalue weighted by molar-refractivity contribution is 6.19. The van der Waals surface area contributed by atoms with Crippen LogP contribution in [0.4, 0.5) is 11.5 Å². The van der Waals surface area contributed by atoms with Crippen molar-refractivity contribution >= 4 is 39.4 Å². The van der Waals surface area contributed by atoms with Gasteiger partial charge in [0, 0.05) is 60.7 Å². The van der Waals surface area contributed by atoms with E-state index in [2.05, 4.69) is 43.9 Å². The molecule has 4 N–H and O–H groups in total. The van der Waals surface area contributed by atoms with Crippen LogP contribution in [-0.2, 0) is 0 Å². The summed E-state index contributed by atoms with van der Waals surface area (Å²) in [5.41, 5.74) is 12.5. The topological polar surface area (TPSA) is 116 Å². The number of nitrogens with one attached hydrogen (secondary N) is 1. The first-order valence-electron chi connectivity index (χ1n) is 12.3. The molecule has 188 valence electrons. The van der Waals surface area contributed by atoms with Gasteiger partial charge < -0.3 is 25.6 Å². The van der Waals surface area contributed by atoms with Crippen molar-refractivity contribution < 1.29 is 9.90 Å². The quantitative estimate of drug-likeness (QED) is 0.325. The van der Waals surface area contributed by atoms with Gasteiger partial charge in [0.05, 0.1) is 16.9 Å². The predicted molar refractivity (Wildman–Crippen MR) is 146 cm³/mol. The van der Waals surface area contributed by atoms with Gasteiger partial charge in [-0.15, -0.1) is 0 Å². The maximum Gasteiger partial charge on any atom is 0.215 e. The number of hydrogen-bond acceptors (Lipinski definition) is 7. The van der Waals surface area contributed by atoms with Crippen LogP contribution >= 0.6 is 0 Å². The molecule has 1 aliphatic heterocycles. The summed E-state index contributed by atoms with van der Waals surface area (Å²) in [5, 5.41) is 11.4. The third-order valence-electron chi connectivity index (χ3n) is 7.40. The Kier molecular flexibility index (Phi) is 5.38. The summed E-state index contributed by atoms with van der Waals surface area (Å²) in [6.45, 7) is 7.74. The fourth-order valence-corrected chi connectivity index (χ4v) is 5.28. The summed E-state index contributed by atoms with van der Waals surface area (Å²) >= 11 is 0. The number of anilines is 2. The Hall–Kier alpha value is -4.37. The Morgan fingerprint density at radius 2 is 1.78 bits per heavy atom. The van der Waals surface area contributed by atoms with Gasteiger partial charge in [0.1, 0.15) is 17.1 Å². The number of likely N-dealkylation sites (N-methyl/N-ethyl adjacent to an activating group) is 1. The average Bonchev–Trinajstić information content (AvgIpc) is 3.45. The number of nitrogens with two attached hydrogens (primary N) is 1. The first kappa shape index (κ1) is 23.1. The molecule has 0 unspecified atom stereocenters. The van der Waals surface area contributed by atoms with Gasteiger partial charge in [0.25, 0.3) is 0 Å². The molecule has 0 bridgehead atoms. The third-order valence-corrected chi connectivity index (χ3v) is 7.40. The summed E-state index contributed by atoms with van der Waals surface area (Å²) in [4.78, 5) is 30.9. The minimum Gasteiger partial charge on any atom is -0.508 e. The number of aromatic nitrogens is 4. The fraction of sp³-hybridized carbons (Fsp3) is 0.250. The van der Waals surface area contributed by atoms with Gasteiger partial charge in [-0.3, -0.25) is 14.3 Å². The lowest BCUT2D eigenvalue weighted by molar-refractivity contribution is 0.103. The Balaban J connectivity index is 1.45. The monoisotopic (exact) mass is 495 g/mol. The van der Waals surface area contributed by atoms with Crippen molar-refractivity contribution in [3.05, 3.63) is 71.2 Å². The van der Waals surface area contributed by atoms with Gasteiger partial charge in [0.15, 0.2) is 5.65 Å². The predicted octanol–water partition coefficient (Wildman–Crippen LogP) is 3.79. The summed E-state index contributed by atoms with van der Waals surface area (Å²) < 4.78 is 1.72. The number of aromatic amines is 1. The van der Waals surface area contributed by atoms with Crippen molar-refractivity contribution in [2.45, 2.75) is 13.8 Å². The van der Waals surface area contributed by atoms with Crippen LogP contribution in [-0.4, -0.2) is 68.5 Å². The lowest BCUT2D eigenvalue weighted by Gasteiger charge is -2.34. The van der Waals surface area contributed by atoms with Gasteiger partial charge in [-0.25, -0.2) is 4.98 Å². The Bertz CT molecular complexity index is 1680. The van der Waals surface area contributed by atoms with E-state index >= 15 is 0 Å². The molecule has 37 heavy (non-hydrogen) atoms. The number of rotatable bonds is 4. The van der Waals surface area contributed by atoms with Crippen molar-refractivity contribution in [3.63, 3.8) is 0 Å². The molecule has 0 amide bonds. The zero-order valence-corrected chi connectivity index (χ0v) is 21.1. The van der Waals surface area contributed by atoms with Crippen LogP contribution in [0.5, 0.6) is 5.75 Å². The molecule has 0 radical (unpaired) electrons. The summed E-state index contributed by atoms with van der Waals surface area (Å²) in [5.74, 6) is 0.125. The second kappa shape index (κ2) is 8.63. The Morgan fingerprint density at radius 1 is 1.03 bits per heavy atom. The number of phenolic OH excluding ortho intramolecular Hbond substituents is 1. The molecule has 5 aromatic rings. The molecule has 9 nitrogen and oxygen atoms in total. The van der Waals surface area contributed by atoms with Gasteiger partial charge in [-0.2, -0.15) is 0 Å². The number of aromatic hydroxyl groups is 1. The van der Waals surface area contributed by atoms with Crippen LogP contribution in [0.25, 0.3) is 27.8 Å². The van der Waals surface area contributed by atoms with Crippen molar-refractivity contribution in [3.8, 4) is 11.4 Å². The number of phenols is 1. The lowest BCUT2D eigenvalue weighted by atomic mass is 10.1. The number of H-pyrrole nitrogens is 1. The van der Waals surface area contributed by atoms with E-state index < -0.39 is 0 Å². The van der Waals surface area contributed by atoms with Crippen LogP contribution in [0.15, 0.2) is 48.8 Å². The van der Waals surface area contributed by atoms with Gasteiger partial charge in [-0.1, -0.05) is 6.07 Å². The van der Waals surface area contributed by atoms with Crippen LogP contribution in [0.2, 0.25) is 0 Å². The Morgan fingerprint density at radius 3 is 2.57 bits per heavy atom. The molecule has 1 fully saturated rings. The molecular weight excluding hydrogens is 466 g/mol. The standard InChI is InChI=1S/C28H29N7O2/c1-16-4-7-22(36)17(2)25(16)35-27(29)23(24-28(35)31-9-8-30-24)26(37)21-15-18-14-19(5-6-20(18)32-21)34-12-10-33(3)11-13-34/h4-9,14-15,32,36H,10-13,29H2,1-3H3. The molecule has 0 spiro atoms. The molecule has 6 rings (SSSR count). The number of fused-ring (bicyclic) bond motifs is 2. The number of carbonyl (C=O) groups is 1. The third kappa shape index (κ3) is 3.70. The minimum absolute atomic E-state index is 0.144. The second-order valence-electron chi connectivity index (χ2n) is 9.77. The van der Waals surface area contributed by atoms with Crippen LogP contribution in [0.1, 0.15) is 27.2 Å². The smallest absolute Gasteiger partial charge is 0.215 e.